The third-order valence-corrected chi connectivity index (χ3v) is 28.3. The number of nitrogens with zero attached hydrogens (tertiary/aromatic N) is 1. The number of hydrogen-bond donors (Lipinski definition) is 0. The van der Waals surface area contributed by atoms with E-state index in [1.54, 1.807) is 11.3 Å². The average Bonchev–Trinajstić information content (AvgIpc) is 3.48. The van der Waals surface area contributed by atoms with Crippen LogP contribution in [0.1, 0.15) is 167 Å². The van der Waals surface area contributed by atoms with Gasteiger partial charge in [-0.3, -0.25) is 4.79 Å². The Hall–Kier alpha value is -0.689. The Balaban J connectivity index is 3.40. The smallest absolute Gasteiger partial charge is 0.192 e. The summed E-state index contributed by atoms with van der Waals surface area (Å²) in [5, 5.41) is 3.34. The number of carbonyl (C=O) groups is 1. The van der Waals surface area contributed by atoms with Crippen molar-refractivity contribution in [1.82, 2.24) is 4.98 Å². The third-order valence-electron chi connectivity index (χ3n) is 13.9. The first kappa shape index (κ1) is 54.3. The summed E-state index contributed by atoms with van der Waals surface area (Å²) in [6, 6.07) is 3.41. The lowest BCUT2D eigenvalue weighted by Crippen LogP contribution is -2.54. The number of rotatable bonds is 23. The molecule has 9 heteroatoms. The molecule has 0 saturated heterocycles. The molecule has 0 fully saturated rings. The van der Waals surface area contributed by atoms with Crippen LogP contribution in [0.3, 0.4) is 0 Å². The maximum absolute atomic E-state index is 15.0. The fraction of sp³-hybridized carbons (Fsp3) is 0.833. The zero-order valence-corrected chi connectivity index (χ0v) is 45.6. The summed E-state index contributed by atoms with van der Waals surface area (Å²) in [5.74, 6) is 0.257. The van der Waals surface area contributed by atoms with E-state index in [1.165, 1.54) is 11.1 Å². The van der Waals surface area contributed by atoms with Gasteiger partial charge >= 0.3 is 0 Å². The number of allylic oxidation sites excluding steroid dienone is 1. The molecule has 0 aromatic carbocycles. The topological polar surface area (TPSA) is 57.7 Å². The number of carbonyl (C=O) groups excluding carboxylic acids is 1. The predicted molar refractivity (Wildman–Crippen MR) is 260 cm³/mol. The molecule has 1 heterocycles. The highest BCUT2D eigenvalue weighted by Crippen LogP contribution is 2.45. The summed E-state index contributed by atoms with van der Waals surface area (Å²) < 4.78 is 21.7. The van der Waals surface area contributed by atoms with Gasteiger partial charge in [-0.15, -0.1) is 11.3 Å². The van der Waals surface area contributed by atoms with Crippen LogP contribution in [0, 0.1) is 29.6 Å². The summed E-state index contributed by atoms with van der Waals surface area (Å²) in [6.45, 7) is 52.2. The van der Waals surface area contributed by atoms with Crippen LogP contribution in [0.25, 0.3) is 6.08 Å². The van der Waals surface area contributed by atoms with Crippen molar-refractivity contribution in [2.24, 2.45) is 22.7 Å². The first-order chi connectivity index (χ1) is 25.7. The fourth-order valence-corrected chi connectivity index (χ4v) is 13.7. The van der Waals surface area contributed by atoms with Gasteiger partial charge < -0.3 is 13.3 Å². The molecular weight excluding hydrogens is 771 g/mol. The maximum Gasteiger partial charge on any atom is 0.192 e. The zero-order valence-electron chi connectivity index (χ0n) is 41.8. The molecule has 0 aliphatic carbocycles. The highest BCUT2D eigenvalue weighted by molar-refractivity contribution is 7.09. The summed E-state index contributed by atoms with van der Waals surface area (Å²) in [4.78, 5) is 19.7. The van der Waals surface area contributed by atoms with Crippen LogP contribution in [-0.2, 0) is 18.1 Å². The van der Waals surface area contributed by atoms with E-state index in [1.807, 2.05) is 0 Å². The van der Waals surface area contributed by atoms with Gasteiger partial charge in [-0.05, 0) is 130 Å². The number of hydrogen-bond acceptors (Lipinski definition) is 6. The van der Waals surface area contributed by atoms with E-state index >= 15 is 4.79 Å². The van der Waals surface area contributed by atoms with Crippen LogP contribution in [0.15, 0.2) is 22.6 Å². The SMILES string of the molecule is CC[Si](CC)(CC)OC(C/C=C(/C)CCCC(C)C(O[Si](C)(C)C(C)(C)C)C(C)C(=O)C(C)(C)C(CC(C)(C)C)O[Si](C)(C)C(C)(C)C)/C(C)=C/c1csc(C)n1. The van der Waals surface area contributed by atoms with Crippen LogP contribution >= 0.6 is 11.3 Å². The molecule has 0 saturated carbocycles. The largest absolute Gasteiger partial charge is 0.413 e. The fourth-order valence-electron chi connectivity index (χ4n) is 7.33. The van der Waals surface area contributed by atoms with E-state index in [-0.39, 0.29) is 51.4 Å². The second kappa shape index (κ2) is 21.4. The summed E-state index contributed by atoms with van der Waals surface area (Å²) in [7, 11) is -6.16. The molecule has 57 heavy (non-hydrogen) atoms. The van der Waals surface area contributed by atoms with Gasteiger partial charge in [0.25, 0.3) is 0 Å². The van der Waals surface area contributed by atoms with E-state index in [0.717, 1.165) is 60.9 Å². The average molecular weight is 865 g/mol. The molecule has 0 aliphatic rings. The Morgan fingerprint density at radius 2 is 1.33 bits per heavy atom. The first-order valence-electron chi connectivity index (χ1n) is 22.5. The molecule has 1 aromatic rings. The van der Waals surface area contributed by atoms with Crippen molar-refractivity contribution < 1.29 is 18.1 Å². The highest BCUT2D eigenvalue weighted by atomic mass is 32.1. The van der Waals surface area contributed by atoms with Gasteiger partial charge in [0, 0.05) is 16.7 Å². The van der Waals surface area contributed by atoms with Crippen molar-refractivity contribution in [2.75, 3.05) is 0 Å². The van der Waals surface area contributed by atoms with E-state index in [2.05, 4.69) is 175 Å². The lowest BCUT2D eigenvalue weighted by molar-refractivity contribution is -0.141. The van der Waals surface area contributed by atoms with Crippen molar-refractivity contribution in [3.05, 3.63) is 33.3 Å². The second-order valence-corrected chi connectivity index (χ2v) is 37.8. The van der Waals surface area contributed by atoms with Crippen molar-refractivity contribution >= 4 is 48.1 Å². The van der Waals surface area contributed by atoms with Crippen LogP contribution in [0.4, 0.5) is 0 Å². The number of aryl methyl sites for hydroxylation is 1. The molecule has 0 aliphatic heterocycles. The van der Waals surface area contributed by atoms with E-state index < -0.39 is 30.4 Å². The van der Waals surface area contributed by atoms with Gasteiger partial charge in [0.15, 0.2) is 25.0 Å². The molecule has 0 bridgehead atoms. The van der Waals surface area contributed by atoms with E-state index in [4.69, 9.17) is 18.3 Å². The van der Waals surface area contributed by atoms with Crippen LogP contribution in [0.5, 0.6) is 0 Å². The van der Waals surface area contributed by atoms with Crippen molar-refractivity contribution in [1.29, 1.82) is 0 Å². The minimum absolute atomic E-state index is 0.0259. The minimum atomic E-state index is -2.19. The number of ketones is 1. The third kappa shape index (κ3) is 16.3. The Morgan fingerprint density at radius 3 is 1.77 bits per heavy atom. The Labute approximate surface area is 361 Å². The molecule has 5 atom stereocenters. The monoisotopic (exact) mass is 864 g/mol. The van der Waals surface area contributed by atoms with Crippen LogP contribution in [-0.4, -0.2) is 54.0 Å². The minimum Gasteiger partial charge on any atom is -0.413 e. The molecule has 5 unspecified atom stereocenters. The van der Waals surface area contributed by atoms with Crippen LogP contribution < -0.4 is 0 Å². The molecule has 0 amide bonds. The molecule has 1 rings (SSSR count). The predicted octanol–water partition coefficient (Wildman–Crippen LogP) is 15.8. The molecule has 0 N–H and O–H groups in total. The van der Waals surface area contributed by atoms with Crippen molar-refractivity contribution in [3.8, 4) is 0 Å². The van der Waals surface area contributed by atoms with Gasteiger partial charge in [-0.25, -0.2) is 4.98 Å². The summed E-state index contributed by atoms with van der Waals surface area (Å²) >= 11 is 1.70. The normalized spacial score (nSPS) is 17.4. The molecule has 0 radical (unpaired) electrons. The Bertz CT molecular complexity index is 1440. The highest BCUT2D eigenvalue weighted by Gasteiger charge is 2.50. The van der Waals surface area contributed by atoms with Crippen molar-refractivity contribution in [3.63, 3.8) is 0 Å². The molecular formula is C48H93NO4SSi3. The van der Waals surface area contributed by atoms with Crippen molar-refractivity contribution in [2.45, 2.75) is 236 Å². The zero-order chi connectivity index (χ0) is 44.6. The maximum atomic E-state index is 15.0. The molecule has 332 valence electrons. The number of aromatic nitrogens is 1. The second-order valence-electron chi connectivity index (χ2n) is 22.5. The number of thiazole rings is 1. The standard InChI is InChI=1S/C48H93NO4SSi3/c1-24-57(25-2,26-3)51-41(37(6)32-40-34-54-39(8)49-40)31-30-35(4)28-27-29-36(5)43(53-56(22,23)47(15,16)17)38(7)44(50)48(18,19)42(33-45(9,10)11)52-55(20,21)46(12,13)14/h30,32,34,36,38,41-43H,24-29,31,33H2,1-23H3/b35-30-,37-32+. The van der Waals surface area contributed by atoms with E-state index in [0.29, 0.717) is 0 Å². The molecule has 1 aromatic heterocycles. The van der Waals surface area contributed by atoms with Gasteiger partial charge in [0.1, 0.15) is 5.78 Å². The first-order valence-corrected chi connectivity index (χ1v) is 31.8. The van der Waals surface area contributed by atoms with Gasteiger partial charge in [-0.2, -0.15) is 0 Å². The lowest BCUT2D eigenvalue weighted by Gasteiger charge is -2.47. The van der Waals surface area contributed by atoms with Crippen LogP contribution in [0.2, 0.25) is 54.4 Å². The number of Topliss-reactive ketones (excluding diaryl/α,β-unsaturated/α-hetero) is 1. The van der Waals surface area contributed by atoms with Gasteiger partial charge in [0.05, 0.1) is 29.0 Å². The molecule has 0 spiro atoms. The van der Waals surface area contributed by atoms with Gasteiger partial charge in [-0.1, -0.05) is 122 Å². The Kier molecular flexibility index (Phi) is 20.4. The Morgan fingerprint density at radius 1 is 0.825 bits per heavy atom. The quantitative estimate of drug-likeness (QED) is 0.0810. The van der Waals surface area contributed by atoms with E-state index in [9.17, 15) is 0 Å². The summed E-state index contributed by atoms with van der Waals surface area (Å²) in [6.07, 6.45) is 9.21. The lowest BCUT2D eigenvalue weighted by atomic mass is 9.70. The van der Waals surface area contributed by atoms with Gasteiger partial charge in [0.2, 0.25) is 0 Å². The molecule has 5 nitrogen and oxygen atoms in total. The summed E-state index contributed by atoms with van der Waals surface area (Å²) in [5.41, 5.74) is 3.07.